The quantitative estimate of drug-likeness (QED) is 0.457. The van der Waals surface area contributed by atoms with E-state index in [9.17, 15) is 4.79 Å². The first-order valence-corrected chi connectivity index (χ1v) is 10.9. The first-order chi connectivity index (χ1) is 14.6. The van der Waals surface area contributed by atoms with Gasteiger partial charge < -0.3 is 9.64 Å². The third-order valence-corrected chi connectivity index (χ3v) is 5.88. The standard InChI is InChI=1S/C23H24N4O2S/c1-4-26(5-2)18-11-7-16(8-12-18)15-20-22(28)27-23(30-20)24-21(25-27)17-9-13-19(14-10-17)29-6-3/h7-15H,4-6H2,1-3H3/b20-15-. The van der Waals surface area contributed by atoms with Gasteiger partial charge in [-0.3, -0.25) is 4.79 Å². The predicted octanol–water partition coefficient (Wildman–Crippen LogP) is 3.61. The SMILES string of the molecule is CCOc1ccc(-c2nc3s/c(=C\c4ccc(N(CC)CC)cc4)c(=O)n3n2)cc1. The number of hydrogen-bond donors (Lipinski definition) is 0. The highest BCUT2D eigenvalue weighted by atomic mass is 32.1. The van der Waals surface area contributed by atoms with Gasteiger partial charge in [0.25, 0.3) is 5.56 Å². The van der Waals surface area contributed by atoms with E-state index in [1.807, 2.05) is 49.4 Å². The van der Waals surface area contributed by atoms with E-state index < -0.39 is 0 Å². The molecule has 2 heterocycles. The number of nitrogens with zero attached hydrogens (tertiary/aromatic N) is 4. The largest absolute Gasteiger partial charge is 0.494 e. The average molecular weight is 421 g/mol. The highest BCUT2D eigenvalue weighted by Gasteiger charge is 2.12. The van der Waals surface area contributed by atoms with Gasteiger partial charge >= 0.3 is 0 Å². The maximum Gasteiger partial charge on any atom is 0.291 e. The average Bonchev–Trinajstić information content (AvgIpc) is 3.30. The summed E-state index contributed by atoms with van der Waals surface area (Å²) in [5, 5.41) is 4.42. The van der Waals surface area contributed by atoms with Gasteiger partial charge in [0.05, 0.1) is 11.1 Å². The Morgan fingerprint density at radius 3 is 2.33 bits per heavy atom. The Balaban J connectivity index is 1.63. The van der Waals surface area contributed by atoms with Gasteiger partial charge in [-0.05, 0) is 68.8 Å². The molecule has 0 aliphatic heterocycles. The number of thiazole rings is 1. The number of aromatic nitrogens is 3. The molecule has 0 atom stereocenters. The van der Waals surface area contributed by atoms with Crippen LogP contribution < -0.4 is 19.7 Å². The summed E-state index contributed by atoms with van der Waals surface area (Å²) in [5.74, 6) is 1.34. The van der Waals surface area contributed by atoms with Gasteiger partial charge in [0.1, 0.15) is 5.75 Å². The second kappa shape index (κ2) is 8.67. The van der Waals surface area contributed by atoms with Crippen molar-refractivity contribution in [3.05, 3.63) is 69.0 Å². The summed E-state index contributed by atoms with van der Waals surface area (Å²) in [5.41, 5.74) is 2.88. The van der Waals surface area contributed by atoms with Gasteiger partial charge in [-0.1, -0.05) is 23.5 Å². The van der Waals surface area contributed by atoms with Crippen LogP contribution in [0.15, 0.2) is 53.3 Å². The fourth-order valence-corrected chi connectivity index (χ4v) is 4.25. The van der Waals surface area contributed by atoms with Crippen molar-refractivity contribution in [1.82, 2.24) is 14.6 Å². The Morgan fingerprint density at radius 2 is 1.73 bits per heavy atom. The maximum atomic E-state index is 12.8. The molecule has 4 rings (SSSR count). The van der Waals surface area contributed by atoms with E-state index in [0.717, 1.165) is 30.0 Å². The molecule has 0 radical (unpaired) electrons. The third-order valence-electron chi connectivity index (χ3n) is 4.92. The lowest BCUT2D eigenvalue weighted by Gasteiger charge is -2.20. The Hall–Kier alpha value is -3.19. The van der Waals surface area contributed by atoms with Crippen LogP contribution in [0.1, 0.15) is 26.3 Å². The number of benzene rings is 2. The molecular weight excluding hydrogens is 396 g/mol. The zero-order valence-electron chi connectivity index (χ0n) is 17.3. The molecule has 0 spiro atoms. The minimum absolute atomic E-state index is 0.146. The number of fused-ring (bicyclic) bond motifs is 1. The van der Waals surface area contributed by atoms with Crippen LogP contribution >= 0.6 is 11.3 Å². The van der Waals surface area contributed by atoms with Crippen LogP contribution in [0.3, 0.4) is 0 Å². The molecule has 0 saturated carbocycles. The van der Waals surface area contributed by atoms with Crippen LogP contribution in [0.4, 0.5) is 5.69 Å². The van der Waals surface area contributed by atoms with E-state index in [1.54, 1.807) is 0 Å². The van der Waals surface area contributed by atoms with E-state index in [1.165, 1.54) is 21.5 Å². The van der Waals surface area contributed by atoms with Crippen molar-refractivity contribution in [3.63, 3.8) is 0 Å². The highest BCUT2D eigenvalue weighted by Crippen LogP contribution is 2.20. The van der Waals surface area contributed by atoms with Crippen LogP contribution in [-0.2, 0) is 0 Å². The molecule has 0 bridgehead atoms. The Kier molecular flexibility index (Phi) is 5.81. The fraction of sp³-hybridized carbons (Fsp3) is 0.261. The van der Waals surface area contributed by atoms with Gasteiger partial charge in [-0.15, -0.1) is 5.10 Å². The van der Waals surface area contributed by atoms with Crippen molar-refractivity contribution in [3.8, 4) is 17.1 Å². The lowest BCUT2D eigenvalue weighted by Crippen LogP contribution is -2.23. The molecule has 30 heavy (non-hydrogen) atoms. The molecule has 2 aromatic carbocycles. The molecule has 0 aliphatic rings. The van der Waals surface area contributed by atoms with Gasteiger partial charge in [0, 0.05) is 24.3 Å². The number of ether oxygens (including phenoxy) is 1. The van der Waals surface area contributed by atoms with E-state index in [0.29, 0.717) is 21.9 Å². The Labute approximate surface area is 179 Å². The van der Waals surface area contributed by atoms with Gasteiger partial charge in [-0.2, -0.15) is 9.50 Å². The smallest absolute Gasteiger partial charge is 0.291 e. The normalized spacial score (nSPS) is 11.9. The van der Waals surface area contributed by atoms with Crippen LogP contribution in [0.5, 0.6) is 5.75 Å². The summed E-state index contributed by atoms with van der Waals surface area (Å²) in [4.78, 5) is 20.2. The highest BCUT2D eigenvalue weighted by molar-refractivity contribution is 7.15. The third kappa shape index (κ3) is 3.93. The Morgan fingerprint density at radius 1 is 1.03 bits per heavy atom. The monoisotopic (exact) mass is 420 g/mol. The number of rotatable bonds is 7. The molecule has 4 aromatic rings. The second-order valence-electron chi connectivity index (χ2n) is 6.77. The van der Waals surface area contributed by atoms with Crippen molar-refractivity contribution in [1.29, 1.82) is 0 Å². The maximum absolute atomic E-state index is 12.8. The predicted molar refractivity (Wildman–Crippen MR) is 123 cm³/mol. The fourth-order valence-electron chi connectivity index (χ4n) is 3.34. The van der Waals surface area contributed by atoms with Crippen LogP contribution in [0, 0.1) is 0 Å². The minimum Gasteiger partial charge on any atom is -0.494 e. The van der Waals surface area contributed by atoms with Crippen LogP contribution in [-0.4, -0.2) is 34.3 Å². The van der Waals surface area contributed by atoms with E-state index >= 15 is 0 Å². The summed E-state index contributed by atoms with van der Waals surface area (Å²) in [6.45, 7) is 8.79. The van der Waals surface area contributed by atoms with Crippen LogP contribution in [0.2, 0.25) is 0 Å². The number of anilines is 1. The molecule has 154 valence electrons. The molecule has 2 aromatic heterocycles. The van der Waals surface area contributed by atoms with E-state index in [-0.39, 0.29) is 5.56 Å². The van der Waals surface area contributed by atoms with Gasteiger partial charge in [0.2, 0.25) is 4.96 Å². The van der Waals surface area contributed by atoms with Gasteiger partial charge in [0.15, 0.2) is 5.82 Å². The second-order valence-corrected chi connectivity index (χ2v) is 7.78. The number of hydrogen-bond acceptors (Lipinski definition) is 6. The molecular formula is C23H24N4O2S. The summed E-state index contributed by atoms with van der Waals surface area (Å²) in [6.07, 6.45) is 1.89. The summed E-state index contributed by atoms with van der Waals surface area (Å²) < 4.78 is 7.47. The summed E-state index contributed by atoms with van der Waals surface area (Å²) >= 11 is 1.35. The van der Waals surface area contributed by atoms with Gasteiger partial charge in [-0.25, -0.2) is 0 Å². The van der Waals surface area contributed by atoms with Crippen molar-refractivity contribution in [2.75, 3.05) is 24.6 Å². The molecule has 0 amide bonds. The summed E-state index contributed by atoms with van der Waals surface area (Å²) in [6, 6.07) is 15.8. The lowest BCUT2D eigenvalue weighted by atomic mass is 10.2. The molecule has 0 aliphatic carbocycles. The topological polar surface area (TPSA) is 59.7 Å². The van der Waals surface area contributed by atoms with E-state index in [2.05, 4.69) is 41.0 Å². The molecule has 7 heteroatoms. The molecule has 0 fully saturated rings. The molecule has 6 nitrogen and oxygen atoms in total. The van der Waals surface area contributed by atoms with Crippen LogP contribution in [0.25, 0.3) is 22.4 Å². The lowest BCUT2D eigenvalue weighted by molar-refractivity contribution is 0.340. The zero-order chi connectivity index (χ0) is 21.1. The molecule has 0 unspecified atom stereocenters. The summed E-state index contributed by atoms with van der Waals surface area (Å²) in [7, 11) is 0. The van der Waals surface area contributed by atoms with Crippen molar-refractivity contribution in [2.24, 2.45) is 0 Å². The zero-order valence-corrected chi connectivity index (χ0v) is 18.1. The van der Waals surface area contributed by atoms with Crippen molar-refractivity contribution < 1.29 is 4.74 Å². The first kappa shape index (κ1) is 20.1. The Bertz CT molecular complexity index is 1240. The van der Waals surface area contributed by atoms with E-state index in [4.69, 9.17) is 4.74 Å². The minimum atomic E-state index is -0.146. The first-order valence-electron chi connectivity index (χ1n) is 10.1. The molecule has 0 N–H and O–H groups in total. The molecule has 0 saturated heterocycles. The van der Waals surface area contributed by atoms with Crippen molar-refractivity contribution in [2.45, 2.75) is 20.8 Å². The van der Waals surface area contributed by atoms with Crippen molar-refractivity contribution >= 4 is 28.1 Å².